The molecule has 1 aliphatic rings. The normalized spacial score (nSPS) is 15.7. The van der Waals surface area contributed by atoms with Crippen molar-refractivity contribution in [2.45, 2.75) is 5.09 Å². The van der Waals surface area contributed by atoms with E-state index < -0.39 is 10.0 Å². The minimum absolute atomic E-state index is 0.106. The number of nitrogens with zero attached hydrogens (tertiary/aromatic N) is 2. The molecular formula is C20H23N3O4S. The van der Waals surface area contributed by atoms with Gasteiger partial charge in [0.05, 0.1) is 18.5 Å². The summed E-state index contributed by atoms with van der Waals surface area (Å²) in [4.78, 5) is 4.47. The maximum Gasteiger partial charge on any atom is 0.295 e. The summed E-state index contributed by atoms with van der Waals surface area (Å²) in [6.07, 6.45) is 0. The van der Waals surface area contributed by atoms with E-state index in [-0.39, 0.29) is 5.09 Å². The molecule has 28 heavy (non-hydrogen) atoms. The topological polar surface area (TPSA) is 75.0 Å². The molecule has 1 N–H and O–H groups in total. The summed E-state index contributed by atoms with van der Waals surface area (Å²) in [5.74, 6) is 0.719. The van der Waals surface area contributed by atoms with Crippen molar-refractivity contribution in [1.29, 1.82) is 0 Å². The van der Waals surface area contributed by atoms with Crippen LogP contribution in [-0.4, -0.2) is 53.7 Å². The SMILES string of the molecule is COc1ccc(NS(=O)(=O)c2cc3ccccc3o2)cc1N1CCN(C)CC1. The molecule has 0 aliphatic carbocycles. The van der Waals surface area contributed by atoms with Crippen molar-refractivity contribution in [1.82, 2.24) is 4.90 Å². The molecule has 3 aromatic rings. The van der Waals surface area contributed by atoms with Crippen LogP contribution in [0, 0.1) is 0 Å². The molecule has 1 aromatic heterocycles. The van der Waals surface area contributed by atoms with Crippen LogP contribution in [-0.2, 0) is 10.0 Å². The Morgan fingerprint density at radius 2 is 1.79 bits per heavy atom. The van der Waals surface area contributed by atoms with E-state index in [2.05, 4.69) is 21.6 Å². The second-order valence-electron chi connectivity index (χ2n) is 6.89. The van der Waals surface area contributed by atoms with Crippen LogP contribution in [0.1, 0.15) is 0 Å². The van der Waals surface area contributed by atoms with E-state index in [1.54, 1.807) is 25.3 Å². The third kappa shape index (κ3) is 3.65. The fraction of sp³-hybridized carbons (Fsp3) is 0.300. The van der Waals surface area contributed by atoms with Crippen LogP contribution in [0.4, 0.5) is 11.4 Å². The van der Waals surface area contributed by atoms with E-state index in [1.165, 1.54) is 6.07 Å². The van der Waals surface area contributed by atoms with Crippen molar-refractivity contribution < 1.29 is 17.6 Å². The second-order valence-corrected chi connectivity index (χ2v) is 8.50. The summed E-state index contributed by atoms with van der Waals surface area (Å²) in [6, 6.07) is 14.0. The number of anilines is 2. The molecule has 148 valence electrons. The van der Waals surface area contributed by atoms with Gasteiger partial charge in [-0.25, -0.2) is 0 Å². The zero-order valence-electron chi connectivity index (χ0n) is 15.9. The number of fused-ring (bicyclic) bond motifs is 1. The highest BCUT2D eigenvalue weighted by atomic mass is 32.2. The highest BCUT2D eigenvalue weighted by molar-refractivity contribution is 7.92. The van der Waals surface area contributed by atoms with Gasteiger partial charge in [-0.1, -0.05) is 18.2 Å². The quantitative estimate of drug-likeness (QED) is 0.708. The standard InChI is InChI=1S/C20H23N3O4S/c1-22-9-11-23(12-10-22)17-14-16(7-8-19(17)26-2)21-28(24,25)20-13-15-5-3-4-6-18(15)27-20/h3-8,13-14,21H,9-12H2,1-2H3. The predicted molar refractivity (Wildman–Crippen MR) is 110 cm³/mol. The lowest BCUT2D eigenvalue weighted by Crippen LogP contribution is -2.44. The number of hydrogen-bond acceptors (Lipinski definition) is 6. The van der Waals surface area contributed by atoms with E-state index in [1.807, 2.05) is 24.3 Å². The monoisotopic (exact) mass is 401 g/mol. The van der Waals surface area contributed by atoms with Crippen LogP contribution in [0.2, 0.25) is 0 Å². The first-order valence-corrected chi connectivity index (χ1v) is 10.6. The minimum Gasteiger partial charge on any atom is -0.495 e. The molecule has 2 aromatic carbocycles. The number of hydrogen-bond donors (Lipinski definition) is 1. The van der Waals surface area contributed by atoms with Gasteiger partial charge in [0, 0.05) is 37.6 Å². The summed E-state index contributed by atoms with van der Waals surface area (Å²) in [5, 5.41) is 0.640. The molecule has 0 spiro atoms. The number of sulfonamides is 1. The largest absolute Gasteiger partial charge is 0.495 e. The lowest BCUT2D eigenvalue weighted by Gasteiger charge is -2.34. The Hall–Kier alpha value is -2.71. The Bertz CT molecular complexity index is 1050. The molecule has 2 heterocycles. The number of ether oxygens (including phenoxy) is 1. The highest BCUT2D eigenvalue weighted by Gasteiger charge is 2.22. The van der Waals surface area contributed by atoms with Gasteiger partial charge in [-0.2, -0.15) is 8.42 Å². The van der Waals surface area contributed by atoms with E-state index in [9.17, 15) is 8.42 Å². The first-order valence-electron chi connectivity index (χ1n) is 9.09. The van der Waals surface area contributed by atoms with Gasteiger partial charge in [-0.15, -0.1) is 0 Å². The Morgan fingerprint density at radius 3 is 2.50 bits per heavy atom. The first-order chi connectivity index (χ1) is 13.5. The third-order valence-electron chi connectivity index (χ3n) is 4.94. The molecule has 0 bridgehead atoms. The van der Waals surface area contributed by atoms with E-state index >= 15 is 0 Å². The highest BCUT2D eigenvalue weighted by Crippen LogP contribution is 2.33. The van der Waals surface area contributed by atoms with Crippen LogP contribution in [0.15, 0.2) is 58.0 Å². The zero-order chi connectivity index (χ0) is 19.7. The van der Waals surface area contributed by atoms with E-state index in [0.717, 1.165) is 43.0 Å². The van der Waals surface area contributed by atoms with Gasteiger partial charge in [0.2, 0.25) is 5.09 Å². The number of methoxy groups -OCH3 is 1. The molecule has 8 heteroatoms. The lowest BCUT2D eigenvalue weighted by molar-refractivity contribution is 0.311. The molecule has 4 rings (SSSR count). The fourth-order valence-electron chi connectivity index (χ4n) is 3.34. The van der Waals surface area contributed by atoms with Crippen LogP contribution < -0.4 is 14.4 Å². The van der Waals surface area contributed by atoms with Gasteiger partial charge < -0.3 is 19.0 Å². The fourth-order valence-corrected chi connectivity index (χ4v) is 4.36. The van der Waals surface area contributed by atoms with Crippen LogP contribution >= 0.6 is 0 Å². The number of rotatable bonds is 5. The van der Waals surface area contributed by atoms with Crippen LogP contribution in [0.25, 0.3) is 11.0 Å². The summed E-state index contributed by atoms with van der Waals surface area (Å²) >= 11 is 0. The number of nitrogens with one attached hydrogen (secondary N) is 1. The maximum atomic E-state index is 12.8. The molecule has 1 fully saturated rings. The molecule has 1 aliphatic heterocycles. The minimum atomic E-state index is -3.84. The molecule has 0 radical (unpaired) electrons. The molecule has 0 unspecified atom stereocenters. The van der Waals surface area contributed by atoms with Gasteiger partial charge in [-0.3, -0.25) is 4.72 Å². The van der Waals surface area contributed by atoms with Crippen molar-refractivity contribution >= 4 is 32.4 Å². The van der Waals surface area contributed by atoms with Crippen LogP contribution in [0.3, 0.4) is 0 Å². The summed E-state index contributed by atoms with van der Waals surface area (Å²) in [6.45, 7) is 3.59. The van der Waals surface area contributed by atoms with Crippen molar-refractivity contribution in [2.75, 3.05) is 50.0 Å². The first kappa shape index (κ1) is 18.6. The van der Waals surface area contributed by atoms with Crippen molar-refractivity contribution in [3.8, 4) is 5.75 Å². The van der Waals surface area contributed by atoms with Crippen molar-refractivity contribution in [2.24, 2.45) is 0 Å². The average Bonchev–Trinajstić information content (AvgIpc) is 3.14. The second kappa shape index (κ2) is 7.37. The Kier molecular flexibility index (Phi) is 4.91. The average molecular weight is 401 g/mol. The maximum absolute atomic E-state index is 12.8. The molecule has 0 atom stereocenters. The molecule has 0 saturated carbocycles. The Morgan fingerprint density at radius 1 is 1.04 bits per heavy atom. The Balaban J connectivity index is 1.62. The smallest absolute Gasteiger partial charge is 0.295 e. The van der Waals surface area contributed by atoms with Crippen LogP contribution in [0.5, 0.6) is 5.75 Å². The van der Waals surface area contributed by atoms with E-state index in [0.29, 0.717) is 11.3 Å². The van der Waals surface area contributed by atoms with Gasteiger partial charge >= 0.3 is 0 Å². The van der Waals surface area contributed by atoms with Gasteiger partial charge in [0.25, 0.3) is 10.0 Å². The summed E-state index contributed by atoms with van der Waals surface area (Å²) in [7, 11) is -0.127. The number of furan rings is 1. The molecular weight excluding hydrogens is 378 g/mol. The lowest BCUT2D eigenvalue weighted by atomic mass is 10.2. The number of para-hydroxylation sites is 1. The summed E-state index contributed by atoms with van der Waals surface area (Å²) in [5.41, 5.74) is 1.88. The third-order valence-corrected chi connectivity index (χ3v) is 6.18. The molecule has 0 amide bonds. The predicted octanol–water partition coefficient (Wildman–Crippen LogP) is 2.99. The number of piperazine rings is 1. The Labute approximate surface area is 164 Å². The number of likely N-dealkylation sites (N-methyl/N-ethyl adjacent to an activating group) is 1. The van der Waals surface area contributed by atoms with Gasteiger partial charge in [-0.05, 0) is 31.3 Å². The van der Waals surface area contributed by atoms with Gasteiger partial charge in [0.15, 0.2) is 0 Å². The van der Waals surface area contributed by atoms with Crippen molar-refractivity contribution in [3.63, 3.8) is 0 Å². The van der Waals surface area contributed by atoms with Gasteiger partial charge in [0.1, 0.15) is 11.3 Å². The molecule has 1 saturated heterocycles. The van der Waals surface area contributed by atoms with E-state index in [4.69, 9.17) is 9.15 Å². The van der Waals surface area contributed by atoms with Crippen molar-refractivity contribution in [3.05, 3.63) is 48.5 Å². The zero-order valence-corrected chi connectivity index (χ0v) is 16.7. The number of benzene rings is 2. The summed E-state index contributed by atoms with van der Waals surface area (Å²) < 4.78 is 39.2. The molecule has 7 nitrogen and oxygen atoms in total.